The van der Waals surface area contributed by atoms with Gasteiger partial charge in [-0.2, -0.15) is 5.26 Å². The van der Waals surface area contributed by atoms with E-state index in [9.17, 15) is 10.1 Å². The first kappa shape index (κ1) is 16.8. The molecule has 3 heterocycles. The largest absolute Gasteiger partial charge is 0.440 e. The molecule has 2 aromatic rings. The Hall–Kier alpha value is -3.07. The Labute approximate surface area is 146 Å². The van der Waals surface area contributed by atoms with E-state index in [4.69, 9.17) is 10.5 Å². The fourth-order valence-corrected chi connectivity index (χ4v) is 3.26. The van der Waals surface area contributed by atoms with Crippen molar-refractivity contribution in [2.24, 2.45) is 11.7 Å². The molecule has 6 nitrogen and oxygen atoms in total. The highest BCUT2D eigenvalue weighted by Gasteiger charge is 2.34. The van der Waals surface area contributed by atoms with Gasteiger partial charge in [0.15, 0.2) is 0 Å². The number of nitrogens with zero attached hydrogens (tertiary/aromatic N) is 3. The Balaban J connectivity index is 2.18. The van der Waals surface area contributed by atoms with Gasteiger partial charge < -0.3 is 15.0 Å². The molecular weight excluding hydrogens is 316 g/mol. The van der Waals surface area contributed by atoms with E-state index >= 15 is 0 Å². The first-order chi connectivity index (χ1) is 11.9. The van der Waals surface area contributed by atoms with Gasteiger partial charge in [-0.15, -0.1) is 0 Å². The lowest BCUT2D eigenvalue weighted by Gasteiger charge is -2.29. The summed E-state index contributed by atoms with van der Waals surface area (Å²) in [6.07, 6.45) is 3.43. The zero-order valence-corrected chi connectivity index (χ0v) is 14.5. The van der Waals surface area contributed by atoms with Gasteiger partial charge in [0.05, 0.1) is 17.7 Å². The molecule has 1 aliphatic rings. The number of allylic oxidation sites excluding steroid dienone is 1. The predicted octanol–water partition coefficient (Wildman–Crippen LogP) is 2.43. The van der Waals surface area contributed by atoms with Crippen LogP contribution in [0.25, 0.3) is 0 Å². The molecule has 0 aromatic carbocycles. The highest BCUT2D eigenvalue weighted by Crippen LogP contribution is 2.40. The van der Waals surface area contributed by atoms with Gasteiger partial charge in [0.2, 0.25) is 5.88 Å². The Morgan fingerprint density at radius 3 is 2.84 bits per heavy atom. The predicted molar refractivity (Wildman–Crippen MR) is 93.8 cm³/mol. The van der Waals surface area contributed by atoms with Crippen LogP contribution < -0.4 is 16.0 Å². The number of pyridine rings is 2. The molecule has 128 valence electrons. The highest BCUT2D eigenvalue weighted by atomic mass is 16.5. The van der Waals surface area contributed by atoms with Crippen LogP contribution in [0.5, 0.6) is 5.75 Å². The quantitative estimate of drug-likeness (QED) is 0.929. The molecule has 2 N–H and O–H groups in total. The third-order valence-corrected chi connectivity index (χ3v) is 4.46. The maximum Gasteiger partial charge on any atom is 0.258 e. The molecule has 25 heavy (non-hydrogen) atoms. The van der Waals surface area contributed by atoms with Gasteiger partial charge in [0.25, 0.3) is 5.56 Å². The number of aromatic nitrogens is 2. The van der Waals surface area contributed by atoms with Crippen LogP contribution in [0.3, 0.4) is 0 Å². The summed E-state index contributed by atoms with van der Waals surface area (Å²) < 4.78 is 7.28. The van der Waals surface area contributed by atoms with Gasteiger partial charge in [-0.3, -0.25) is 9.78 Å². The molecule has 0 bridgehead atoms. The average Bonchev–Trinajstić information content (AvgIpc) is 2.58. The van der Waals surface area contributed by atoms with Crippen molar-refractivity contribution in [2.75, 3.05) is 0 Å². The van der Waals surface area contributed by atoms with E-state index < -0.39 is 0 Å². The van der Waals surface area contributed by atoms with Crippen molar-refractivity contribution in [3.05, 3.63) is 69.2 Å². The third kappa shape index (κ3) is 2.89. The highest BCUT2D eigenvalue weighted by molar-refractivity contribution is 5.50. The van der Waals surface area contributed by atoms with Crippen molar-refractivity contribution < 1.29 is 4.74 Å². The molecule has 0 saturated heterocycles. The van der Waals surface area contributed by atoms with Crippen LogP contribution in [0.15, 0.2) is 46.8 Å². The van der Waals surface area contributed by atoms with Gasteiger partial charge in [-0.25, -0.2) is 0 Å². The SMILES string of the molecule is Cc1cc2c(c(=O)n1Cc1cccnc1)[C@H](C(C)C)C(C#N)=C(N)O2. The maximum atomic E-state index is 13.2. The number of hydrogen-bond donors (Lipinski definition) is 1. The summed E-state index contributed by atoms with van der Waals surface area (Å²) >= 11 is 0. The zero-order chi connectivity index (χ0) is 18.1. The van der Waals surface area contributed by atoms with Crippen molar-refractivity contribution in [3.8, 4) is 11.8 Å². The van der Waals surface area contributed by atoms with Crippen LogP contribution in [0.1, 0.15) is 36.6 Å². The van der Waals surface area contributed by atoms with E-state index in [1.807, 2.05) is 39.0 Å². The summed E-state index contributed by atoms with van der Waals surface area (Å²) in [5.74, 6) is 0.192. The molecular formula is C19H20N4O2. The maximum absolute atomic E-state index is 13.2. The molecule has 3 rings (SSSR count). The molecule has 0 fully saturated rings. The average molecular weight is 336 g/mol. The zero-order valence-electron chi connectivity index (χ0n) is 14.5. The normalized spacial score (nSPS) is 16.4. The Bertz CT molecular complexity index is 936. The van der Waals surface area contributed by atoms with Crippen molar-refractivity contribution >= 4 is 0 Å². The van der Waals surface area contributed by atoms with Crippen LogP contribution in [0, 0.1) is 24.2 Å². The summed E-state index contributed by atoms with van der Waals surface area (Å²) in [4.78, 5) is 17.3. The number of nitrogens with two attached hydrogens (primary N) is 1. The fourth-order valence-electron chi connectivity index (χ4n) is 3.26. The van der Waals surface area contributed by atoms with Crippen molar-refractivity contribution in [1.29, 1.82) is 5.26 Å². The number of aryl methyl sites for hydroxylation is 1. The van der Waals surface area contributed by atoms with Crippen molar-refractivity contribution in [1.82, 2.24) is 9.55 Å². The topological polar surface area (TPSA) is 93.9 Å². The molecule has 0 radical (unpaired) electrons. The molecule has 2 aromatic heterocycles. The van der Waals surface area contributed by atoms with E-state index in [-0.39, 0.29) is 23.3 Å². The molecule has 1 aliphatic heterocycles. The van der Waals surface area contributed by atoms with Gasteiger partial charge in [0, 0.05) is 30.1 Å². The van der Waals surface area contributed by atoms with Gasteiger partial charge in [-0.1, -0.05) is 19.9 Å². The van der Waals surface area contributed by atoms with Gasteiger partial charge in [-0.05, 0) is 24.5 Å². The second-order valence-corrected chi connectivity index (χ2v) is 6.53. The lowest BCUT2D eigenvalue weighted by atomic mass is 9.81. The van der Waals surface area contributed by atoms with Crippen LogP contribution in [-0.2, 0) is 6.54 Å². The summed E-state index contributed by atoms with van der Waals surface area (Å²) in [6, 6.07) is 7.68. The fraction of sp³-hybridized carbons (Fsp3) is 0.316. The molecule has 1 atom stereocenters. The van der Waals surface area contributed by atoms with Crippen molar-refractivity contribution in [3.63, 3.8) is 0 Å². The second kappa shape index (κ2) is 6.44. The van der Waals surface area contributed by atoms with Crippen LogP contribution in [0.2, 0.25) is 0 Å². The van der Waals surface area contributed by atoms with Gasteiger partial charge in [0.1, 0.15) is 11.8 Å². The number of rotatable bonds is 3. The molecule has 0 aliphatic carbocycles. The molecule has 0 amide bonds. The summed E-state index contributed by atoms with van der Waals surface area (Å²) in [7, 11) is 0. The van der Waals surface area contributed by atoms with E-state index in [0.29, 0.717) is 23.4 Å². The van der Waals surface area contributed by atoms with Gasteiger partial charge >= 0.3 is 0 Å². The minimum atomic E-state index is -0.373. The van der Waals surface area contributed by atoms with Crippen LogP contribution >= 0.6 is 0 Å². The van der Waals surface area contributed by atoms with E-state index in [1.54, 1.807) is 17.0 Å². The lowest BCUT2D eigenvalue weighted by Crippen LogP contribution is -2.34. The molecule has 0 spiro atoms. The van der Waals surface area contributed by atoms with E-state index in [0.717, 1.165) is 11.3 Å². The second-order valence-electron chi connectivity index (χ2n) is 6.53. The number of nitriles is 1. The number of fused-ring (bicyclic) bond motifs is 1. The van der Waals surface area contributed by atoms with Crippen molar-refractivity contribution in [2.45, 2.75) is 33.2 Å². The first-order valence-electron chi connectivity index (χ1n) is 8.14. The van der Waals surface area contributed by atoms with Crippen LogP contribution in [0.4, 0.5) is 0 Å². The number of ether oxygens (including phenoxy) is 1. The third-order valence-electron chi connectivity index (χ3n) is 4.46. The molecule has 6 heteroatoms. The standard InChI is InChI=1S/C19H20N4O2/c1-11(2)16-14(8-20)18(21)25-15-7-12(3)23(19(24)17(15)16)10-13-5-4-6-22-9-13/h4-7,9,11,16H,10,21H2,1-3H3/t16-/m1/s1. The Morgan fingerprint density at radius 1 is 1.48 bits per heavy atom. The van der Waals surface area contributed by atoms with E-state index in [2.05, 4.69) is 11.1 Å². The molecule has 0 unspecified atom stereocenters. The van der Waals surface area contributed by atoms with E-state index in [1.165, 1.54) is 0 Å². The summed E-state index contributed by atoms with van der Waals surface area (Å²) in [5, 5.41) is 9.47. The summed E-state index contributed by atoms with van der Waals surface area (Å²) in [5.41, 5.74) is 8.27. The first-order valence-corrected chi connectivity index (χ1v) is 8.14. The minimum absolute atomic E-state index is 0.0399. The number of hydrogen-bond acceptors (Lipinski definition) is 5. The smallest absolute Gasteiger partial charge is 0.258 e. The molecule has 0 saturated carbocycles. The monoisotopic (exact) mass is 336 g/mol. The lowest BCUT2D eigenvalue weighted by molar-refractivity contribution is 0.366. The Morgan fingerprint density at radius 2 is 2.24 bits per heavy atom. The Kier molecular flexibility index (Phi) is 4.32. The minimum Gasteiger partial charge on any atom is -0.440 e. The van der Waals surface area contributed by atoms with Crippen LogP contribution in [-0.4, -0.2) is 9.55 Å². The summed E-state index contributed by atoms with van der Waals surface area (Å²) in [6.45, 7) is 6.20.